The quantitative estimate of drug-likeness (QED) is 0.0136. The fourth-order valence-electron chi connectivity index (χ4n) is 7.49. The predicted octanol–water partition coefficient (Wildman–Crippen LogP) is 8.43. The largest absolute Gasteiger partial charge is 0.481 e. The average Bonchev–Trinajstić information content (AvgIpc) is 3.97. The number of ether oxygens (including phenoxy) is 4. The van der Waals surface area contributed by atoms with Gasteiger partial charge in [0, 0.05) is 19.0 Å². The van der Waals surface area contributed by atoms with Crippen LogP contribution in [0.15, 0.2) is 41.4 Å². The van der Waals surface area contributed by atoms with Gasteiger partial charge in [-0.15, -0.1) is 0 Å². The van der Waals surface area contributed by atoms with Crippen LogP contribution >= 0.6 is 15.6 Å². The van der Waals surface area contributed by atoms with Crippen LogP contribution in [0.3, 0.4) is 0 Å². The van der Waals surface area contributed by atoms with Gasteiger partial charge in [0.1, 0.15) is 30.7 Å². The van der Waals surface area contributed by atoms with E-state index in [9.17, 15) is 43.5 Å². The van der Waals surface area contributed by atoms with Gasteiger partial charge in [0.05, 0.1) is 25.4 Å². The molecule has 9 atom stereocenters. The molecule has 0 spiro atoms. The molecule has 0 aromatic carbocycles. The van der Waals surface area contributed by atoms with E-state index in [-0.39, 0.29) is 18.7 Å². The summed E-state index contributed by atoms with van der Waals surface area (Å²) in [5, 5.41) is 20.9. The van der Waals surface area contributed by atoms with Crippen LogP contribution in [0.1, 0.15) is 174 Å². The van der Waals surface area contributed by atoms with E-state index in [0.29, 0.717) is 25.0 Å². The van der Waals surface area contributed by atoms with E-state index in [1.807, 2.05) is 0 Å². The highest BCUT2D eigenvalue weighted by molar-refractivity contribution is 7.61. The number of esters is 2. The maximum absolute atomic E-state index is 12.8. The second-order valence-electron chi connectivity index (χ2n) is 17.3. The smallest absolute Gasteiger partial charge is 0.462 e. The number of carbonyl (C=O) groups excluding carboxylic acids is 2. The number of nitrogens with zero attached hydrogens (tertiary/aromatic N) is 2. The third-order valence-corrected chi connectivity index (χ3v) is 14.0. The number of aromatic nitrogens is 2. The monoisotopic (exact) mass is 991 g/mol. The Hall–Kier alpha value is -2.80. The Bertz CT molecular complexity index is 1780. The fraction of sp³-hybridized carbons (Fsp3) is 0.783. The lowest BCUT2D eigenvalue weighted by molar-refractivity contribution is -0.161. The molecule has 21 heteroatoms. The average molecular weight is 992 g/mol. The molecule has 2 saturated heterocycles. The number of rotatable bonds is 39. The highest BCUT2D eigenvalue weighted by Gasteiger charge is 2.46. The summed E-state index contributed by atoms with van der Waals surface area (Å²) in [4.78, 5) is 61.8. The van der Waals surface area contributed by atoms with Crippen LogP contribution in [-0.2, 0) is 51.0 Å². The Kier molecular flexibility index (Phi) is 28.7. The van der Waals surface area contributed by atoms with Gasteiger partial charge in [-0.25, -0.2) is 13.9 Å². The second kappa shape index (κ2) is 32.9. The van der Waals surface area contributed by atoms with Crippen molar-refractivity contribution in [1.29, 1.82) is 0 Å². The van der Waals surface area contributed by atoms with E-state index in [4.69, 9.17) is 33.7 Å². The van der Waals surface area contributed by atoms with Crippen molar-refractivity contribution < 1.29 is 71.0 Å². The summed E-state index contributed by atoms with van der Waals surface area (Å²) in [6.45, 7) is 2.07. The standard InChI is InChI=1S/C46H79N3O16P2/c1-3-5-7-9-11-12-13-14-15-16-17-21-26-30-42(51)62-36(33-59-41(50)29-25-22-18-20-24-28-38-37(63-38)27-23-19-10-8-6-4-2)34-60-66(55,56)65-67(57,58)61-35-39-43(52)44(53)45(64-39)49-32-31-40(47)48-46(49)54/h12-13,19,23,31-32,36-39,43-45,52-53H,3-11,14-18,20-22,24-30,33-35H2,1-2H3,(H,55,56)(H,57,58)(H2,47,48,54)/b13-12-,23-19-/t36-,37?,38?,39-,43-,44-,45-/m1/s1. The summed E-state index contributed by atoms with van der Waals surface area (Å²) >= 11 is 0. The van der Waals surface area contributed by atoms with Crippen molar-refractivity contribution in [3.05, 3.63) is 47.1 Å². The lowest BCUT2D eigenvalue weighted by Crippen LogP contribution is -2.36. The van der Waals surface area contributed by atoms with E-state index >= 15 is 0 Å². The first-order valence-corrected chi connectivity index (χ1v) is 27.5. The van der Waals surface area contributed by atoms with Crippen LogP contribution in [-0.4, -0.2) is 97.9 Å². The maximum atomic E-state index is 12.8. The van der Waals surface area contributed by atoms with Crippen LogP contribution in [0, 0.1) is 0 Å². The van der Waals surface area contributed by atoms with Crippen molar-refractivity contribution in [3.63, 3.8) is 0 Å². The van der Waals surface area contributed by atoms with Crippen LogP contribution in [0.25, 0.3) is 0 Å². The first-order valence-electron chi connectivity index (χ1n) is 24.5. The number of unbranched alkanes of at least 4 members (excludes halogenated alkanes) is 16. The molecule has 6 N–H and O–H groups in total. The van der Waals surface area contributed by atoms with Crippen molar-refractivity contribution in [1.82, 2.24) is 9.55 Å². The van der Waals surface area contributed by atoms with E-state index < -0.39 is 83.7 Å². The molecule has 384 valence electrons. The molecule has 1 aromatic heterocycles. The zero-order chi connectivity index (χ0) is 48.9. The Morgan fingerprint density at radius 2 is 1.30 bits per heavy atom. The Labute approximate surface area is 396 Å². The van der Waals surface area contributed by atoms with Crippen LogP contribution in [0.5, 0.6) is 0 Å². The van der Waals surface area contributed by atoms with Gasteiger partial charge in [-0.3, -0.25) is 23.2 Å². The molecule has 67 heavy (non-hydrogen) atoms. The molecule has 3 rings (SSSR count). The molecule has 19 nitrogen and oxygen atoms in total. The molecule has 0 radical (unpaired) electrons. The van der Waals surface area contributed by atoms with Gasteiger partial charge in [0.2, 0.25) is 0 Å². The van der Waals surface area contributed by atoms with E-state index in [1.54, 1.807) is 0 Å². The summed E-state index contributed by atoms with van der Waals surface area (Å²) in [6, 6.07) is 1.25. The first kappa shape index (κ1) is 58.5. The minimum absolute atomic E-state index is 0.0346. The lowest BCUT2D eigenvalue weighted by atomic mass is 10.1. The fourth-order valence-corrected chi connectivity index (χ4v) is 9.60. The molecule has 0 bridgehead atoms. The molecule has 0 saturated carbocycles. The third kappa shape index (κ3) is 25.6. The van der Waals surface area contributed by atoms with Gasteiger partial charge in [0.15, 0.2) is 12.3 Å². The highest BCUT2D eigenvalue weighted by atomic mass is 31.3. The summed E-state index contributed by atoms with van der Waals surface area (Å²) < 4.78 is 62.5. The van der Waals surface area contributed by atoms with Crippen LogP contribution in [0.2, 0.25) is 0 Å². The molecule has 1 aromatic rings. The molecule has 0 amide bonds. The predicted molar refractivity (Wildman–Crippen MR) is 251 cm³/mol. The summed E-state index contributed by atoms with van der Waals surface area (Å²) in [5.41, 5.74) is 4.58. The summed E-state index contributed by atoms with van der Waals surface area (Å²) in [5.74, 6) is -1.33. The second-order valence-corrected chi connectivity index (χ2v) is 20.4. The number of anilines is 1. The molecule has 3 heterocycles. The van der Waals surface area contributed by atoms with Crippen LogP contribution in [0.4, 0.5) is 5.82 Å². The van der Waals surface area contributed by atoms with Crippen LogP contribution < -0.4 is 11.4 Å². The lowest BCUT2D eigenvalue weighted by Gasteiger charge is -2.21. The molecular weight excluding hydrogens is 912 g/mol. The highest BCUT2D eigenvalue weighted by Crippen LogP contribution is 2.60. The van der Waals surface area contributed by atoms with E-state index in [2.05, 4.69) is 47.4 Å². The van der Waals surface area contributed by atoms with Gasteiger partial charge in [0.25, 0.3) is 0 Å². The Morgan fingerprint density at radius 3 is 1.97 bits per heavy atom. The zero-order valence-corrected chi connectivity index (χ0v) is 41.4. The molecule has 0 aliphatic carbocycles. The van der Waals surface area contributed by atoms with Crippen molar-refractivity contribution in [2.45, 2.75) is 211 Å². The number of nitrogen functional groups attached to an aromatic ring is 1. The SMILES string of the molecule is CCCCC/C=C\CC1OC1CCCCCCCC(=O)OC[C@H](COP(=O)(O)OP(=O)(O)OC[C@H]1O[C@@H](n2ccc(N)nc2=O)[C@H](O)[C@@H]1O)OC(=O)CCCCCCC/C=C\CCCCCC. The molecule has 2 fully saturated rings. The van der Waals surface area contributed by atoms with Gasteiger partial charge in [-0.1, -0.05) is 115 Å². The van der Waals surface area contributed by atoms with Gasteiger partial charge in [-0.2, -0.15) is 9.29 Å². The Balaban J connectivity index is 1.41. The number of hydrogen-bond acceptors (Lipinski definition) is 16. The molecular formula is C46H79N3O16P2. The van der Waals surface area contributed by atoms with E-state index in [0.717, 1.165) is 94.2 Å². The molecule has 2 aliphatic rings. The third-order valence-electron chi connectivity index (χ3n) is 11.4. The van der Waals surface area contributed by atoms with Gasteiger partial charge in [-0.05, 0) is 70.3 Å². The first-order chi connectivity index (χ1) is 32.1. The zero-order valence-electron chi connectivity index (χ0n) is 39.7. The number of epoxide rings is 1. The normalized spacial score (nSPS) is 22.8. The van der Waals surface area contributed by atoms with Gasteiger partial charge >= 0.3 is 33.3 Å². The number of carbonyl (C=O) groups is 2. The summed E-state index contributed by atoms with van der Waals surface area (Å²) in [7, 11) is -10.8. The number of nitrogens with two attached hydrogens (primary N) is 1. The Morgan fingerprint density at radius 1 is 0.731 bits per heavy atom. The number of phosphoric ester groups is 2. The number of aliphatic hydroxyl groups excluding tert-OH is 2. The number of allylic oxidation sites excluding steroid dienone is 3. The molecule has 2 aliphatic heterocycles. The minimum Gasteiger partial charge on any atom is -0.462 e. The van der Waals surface area contributed by atoms with Crippen molar-refractivity contribution >= 4 is 33.4 Å². The number of hydrogen-bond donors (Lipinski definition) is 5. The number of phosphoric acid groups is 2. The van der Waals surface area contributed by atoms with Crippen molar-refractivity contribution in [3.8, 4) is 0 Å². The van der Waals surface area contributed by atoms with E-state index in [1.165, 1.54) is 51.0 Å². The minimum atomic E-state index is -5.43. The number of aliphatic hydroxyl groups is 2. The topological polar surface area (TPSA) is 278 Å². The van der Waals surface area contributed by atoms with Crippen molar-refractivity contribution in [2.75, 3.05) is 25.6 Å². The summed E-state index contributed by atoms with van der Waals surface area (Å²) in [6.07, 6.45) is 25.7. The van der Waals surface area contributed by atoms with Gasteiger partial charge < -0.3 is 44.7 Å². The maximum Gasteiger partial charge on any atom is 0.481 e. The van der Waals surface area contributed by atoms with Crippen molar-refractivity contribution in [2.24, 2.45) is 0 Å². The molecule has 4 unspecified atom stereocenters.